The van der Waals surface area contributed by atoms with Gasteiger partial charge in [0.15, 0.2) is 0 Å². The number of rotatable bonds is 5. The highest BCUT2D eigenvalue weighted by Crippen LogP contribution is 2.14. The molecule has 0 spiro atoms. The molecule has 3 aromatic rings. The number of benzene rings is 2. The fraction of sp³-hybridized carbons (Fsp3) is 0.111. The molecule has 0 aliphatic heterocycles. The minimum atomic E-state index is -1.28. The molecule has 0 aliphatic carbocycles. The van der Waals surface area contributed by atoms with Crippen LogP contribution in [0.2, 0.25) is 0 Å². The summed E-state index contributed by atoms with van der Waals surface area (Å²) in [5.41, 5.74) is 0.544. The summed E-state index contributed by atoms with van der Waals surface area (Å²) in [5, 5.41) is 9.51. The van der Waals surface area contributed by atoms with Gasteiger partial charge in [-0.25, -0.2) is 4.79 Å². The standard InChI is InChI=1S/C18H15NO5/c1-23-13-8-6-12(7-9-13)11-24-19-10-15(18(21)22)17(20)14-4-2-3-5-16(14)19/h2-10H,11H2,1H3,(H,21,22). The number of fused-ring (bicyclic) bond motifs is 1. The van der Waals surface area contributed by atoms with E-state index in [0.29, 0.717) is 10.9 Å². The first-order chi connectivity index (χ1) is 11.6. The average Bonchev–Trinajstić information content (AvgIpc) is 2.61. The van der Waals surface area contributed by atoms with E-state index in [1.807, 2.05) is 24.3 Å². The zero-order chi connectivity index (χ0) is 17.1. The predicted molar refractivity (Wildman–Crippen MR) is 88.4 cm³/mol. The van der Waals surface area contributed by atoms with Gasteiger partial charge in [0.05, 0.1) is 18.8 Å². The molecule has 1 N–H and O–H groups in total. The first-order valence-electron chi connectivity index (χ1n) is 7.24. The molecule has 1 aromatic heterocycles. The molecule has 0 atom stereocenters. The lowest BCUT2D eigenvalue weighted by Gasteiger charge is -2.13. The molecule has 0 unspecified atom stereocenters. The number of nitrogens with zero attached hydrogens (tertiary/aromatic N) is 1. The van der Waals surface area contributed by atoms with Crippen LogP contribution in [0.1, 0.15) is 15.9 Å². The van der Waals surface area contributed by atoms with Gasteiger partial charge in [0.1, 0.15) is 17.9 Å². The van der Waals surface area contributed by atoms with Crippen molar-refractivity contribution in [2.45, 2.75) is 6.61 Å². The van der Waals surface area contributed by atoms with E-state index in [1.165, 1.54) is 10.9 Å². The summed E-state index contributed by atoms with van der Waals surface area (Å²) in [5.74, 6) is -0.548. The monoisotopic (exact) mass is 325 g/mol. The Morgan fingerprint density at radius 2 is 1.83 bits per heavy atom. The highest BCUT2D eigenvalue weighted by Gasteiger charge is 2.14. The van der Waals surface area contributed by atoms with Crippen molar-refractivity contribution in [3.63, 3.8) is 0 Å². The molecule has 3 rings (SSSR count). The van der Waals surface area contributed by atoms with Crippen LogP contribution in [0.25, 0.3) is 10.9 Å². The van der Waals surface area contributed by atoms with E-state index < -0.39 is 11.4 Å². The first-order valence-corrected chi connectivity index (χ1v) is 7.24. The lowest BCUT2D eigenvalue weighted by Crippen LogP contribution is -2.22. The van der Waals surface area contributed by atoms with Crippen molar-refractivity contribution in [1.82, 2.24) is 4.73 Å². The maximum atomic E-state index is 12.2. The first kappa shape index (κ1) is 15.6. The van der Waals surface area contributed by atoms with E-state index in [0.717, 1.165) is 11.3 Å². The molecule has 0 radical (unpaired) electrons. The summed E-state index contributed by atoms with van der Waals surface area (Å²) in [4.78, 5) is 29.2. The molecule has 6 heteroatoms. The molecule has 0 saturated heterocycles. The van der Waals surface area contributed by atoms with Crippen molar-refractivity contribution >= 4 is 16.9 Å². The molecule has 0 amide bonds. The largest absolute Gasteiger partial charge is 0.497 e. The Morgan fingerprint density at radius 1 is 1.12 bits per heavy atom. The van der Waals surface area contributed by atoms with Crippen molar-refractivity contribution in [3.8, 4) is 5.75 Å². The average molecular weight is 325 g/mol. The second-order valence-corrected chi connectivity index (χ2v) is 5.14. The third-order valence-electron chi connectivity index (χ3n) is 3.64. The molecule has 6 nitrogen and oxygen atoms in total. The number of aromatic nitrogens is 1. The Kier molecular flexibility index (Phi) is 4.20. The Morgan fingerprint density at radius 3 is 2.50 bits per heavy atom. The number of ether oxygens (including phenoxy) is 1. The van der Waals surface area contributed by atoms with Crippen LogP contribution >= 0.6 is 0 Å². The Labute approximate surface area is 137 Å². The molecule has 2 aromatic carbocycles. The van der Waals surface area contributed by atoms with Gasteiger partial charge in [-0.05, 0) is 29.8 Å². The van der Waals surface area contributed by atoms with Gasteiger partial charge in [-0.3, -0.25) is 4.79 Å². The van der Waals surface area contributed by atoms with Crippen LogP contribution in [0, 0.1) is 0 Å². The molecule has 24 heavy (non-hydrogen) atoms. The topological polar surface area (TPSA) is 77.8 Å². The highest BCUT2D eigenvalue weighted by molar-refractivity contribution is 5.92. The number of carboxylic acid groups (broad SMARTS) is 1. The number of para-hydroxylation sites is 1. The normalized spacial score (nSPS) is 10.5. The van der Waals surface area contributed by atoms with E-state index in [2.05, 4.69) is 0 Å². The van der Waals surface area contributed by atoms with Crippen molar-refractivity contribution in [3.05, 3.63) is 76.1 Å². The molecule has 0 saturated carbocycles. The van der Waals surface area contributed by atoms with E-state index in [4.69, 9.17) is 9.57 Å². The fourth-order valence-corrected chi connectivity index (χ4v) is 2.37. The lowest BCUT2D eigenvalue weighted by molar-refractivity contribution is 0.0683. The number of hydrogen-bond acceptors (Lipinski definition) is 4. The van der Waals surface area contributed by atoms with E-state index in [-0.39, 0.29) is 12.2 Å². The minimum Gasteiger partial charge on any atom is -0.497 e. The SMILES string of the molecule is COc1ccc(COn2cc(C(=O)O)c(=O)c3ccccc32)cc1. The molecule has 0 fully saturated rings. The Hall–Kier alpha value is -3.28. The smallest absolute Gasteiger partial charge is 0.341 e. The lowest BCUT2D eigenvalue weighted by atomic mass is 10.1. The van der Waals surface area contributed by atoms with Gasteiger partial charge in [0.25, 0.3) is 0 Å². The van der Waals surface area contributed by atoms with Crippen molar-refractivity contribution < 1.29 is 19.5 Å². The number of hydrogen-bond donors (Lipinski definition) is 1. The highest BCUT2D eigenvalue weighted by atomic mass is 16.7. The van der Waals surface area contributed by atoms with Crippen LogP contribution in [0.3, 0.4) is 0 Å². The maximum absolute atomic E-state index is 12.2. The number of methoxy groups -OCH3 is 1. The van der Waals surface area contributed by atoms with Crippen LogP contribution in [0.15, 0.2) is 59.5 Å². The molecular formula is C18H15NO5. The number of aromatic carboxylic acids is 1. The van der Waals surface area contributed by atoms with Crippen LogP contribution < -0.4 is 15.0 Å². The van der Waals surface area contributed by atoms with Gasteiger partial charge < -0.3 is 14.7 Å². The van der Waals surface area contributed by atoms with Gasteiger partial charge in [0.2, 0.25) is 5.43 Å². The zero-order valence-electron chi connectivity index (χ0n) is 12.9. The predicted octanol–water partition coefficient (Wildman–Crippen LogP) is 2.34. The fourth-order valence-electron chi connectivity index (χ4n) is 2.37. The van der Waals surface area contributed by atoms with Crippen LogP contribution in [-0.4, -0.2) is 22.9 Å². The molecular weight excluding hydrogens is 310 g/mol. The quantitative estimate of drug-likeness (QED) is 0.779. The zero-order valence-corrected chi connectivity index (χ0v) is 12.9. The Balaban J connectivity index is 1.97. The number of carbonyl (C=O) groups is 1. The van der Waals surface area contributed by atoms with E-state index in [1.54, 1.807) is 31.4 Å². The minimum absolute atomic E-state index is 0.218. The number of pyridine rings is 1. The molecule has 0 bridgehead atoms. The summed E-state index contributed by atoms with van der Waals surface area (Å²) >= 11 is 0. The second kappa shape index (κ2) is 6.45. The third kappa shape index (κ3) is 2.94. The number of carboxylic acids is 1. The molecule has 1 heterocycles. The van der Waals surface area contributed by atoms with Gasteiger partial charge in [-0.15, -0.1) is 0 Å². The van der Waals surface area contributed by atoms with Gasteiger partial charge in [-0.2, -0.15) is 4.73 Å². The summed E-state index contributed by atoms with van der Waals surface area (Å²) in [6.45, 7) is 0.218. The van der Waals surface area contributed by atoms with Crippen molar-refractivity contribution in [2.75, 3.05) is 7.11 Å². The van der Waals surface area contributed by atoms with Crippen LogP contribution in [0.5, 0.6) is 5.75 Å². The van der Waals surface area contributed by atoms with Gasteiger partial charge in [0, 0.05) is 5.39 Å². The Bertz CT molecular complexity index is 944. The van der Waals surface area contributed by atoms with Gasteiger partial charge in [-0.1, -0.05) is 24.3 Å². The second-order valence-electron chi connectivity index (χ2n) is 5.14. The summed E-state index contributed by atoms with van der Waals surface area (Å²) in [7, 11) is 1.59. The third-order valence-corrected chi connectivity index (χ3v) is 3.64. The van der Waals surface area contributed by atoms with Crippen molar-refractivity contribution in [2.24, 2.45) is 0 Å². The van der Waals surface area contributed by atoms with Gasteiger partial charge >= 0.3 is 5.97 Å². The molecule has 0 aliphatic rings. The summed E-state index contributed by atoms with van der Waals surface area (Å²) < 4.78 is 6.42. The van der Waals surface area contributed by atoms with Crippen LogP contribution in [0.4, 0.5) is 0 Å². The van der Waals surface area contributed by atoms with Crippen molar-refractivity contribution in [1.29, 1.82) is 0 Å². The summed E-state index contributed by atoms with van der Waals surface area (Å²) in [6, 6.07) is 14.0. The van der Waals surface area contributed by atoms with Crippen LogP contribution in [-0.2, 0) is 6.61 Å². The summed E-state index contributed by atoms with van der Waals surface area (Å²) in [6.07, 6.45) is 1.20. The van der Waals surface area contributed by atoms with E-state index in [9.17, 15) is 14.7 Å². The molecule has 122 valence electrons. The maximum Gasteiger partial charge on any atom is 0.341 e. The van der Waals surface area contributed by atoms with E-state index >= 15 is 0 Å².